The molecule has 0 heterocycles. The van der Waals surface area contributed by atoms with Crippen LogP contribution in [-0.2, 0) is 14.3 Å². The molecule has 1 unspecified atom stereocenters. The van der Waals surface area contributed by atoms with E-state index in [-0.39, 0.29) is 12.4 Å². The summed E-state index contributed by atoms with van der Waals surface area (Å²) in [5.41, 5.74) is -1.26. The molecule has 0 aromatic rings. The predicted octanol–water partition coefficient (Wildman–Crippen LogP) is 1.24. The third-order valence-corrected chi connectivity index (χ3v) is 2.75. The first kappa shape index (κ1) is 11.2. The van der Waals surface area contributed by atoms with Crippen molar-refractivity contribution in [3.63, 3.8) is 0 Å². The van der Waals surface area contributed by atoms with E-state index in [0.29, 0.717) is 19.4 Å². The van der Waals surface area contributed by atoms with Crippen LogP contribution in [0.25, 0.3) is 0 Å². The van der Waals surface area contributed by atoms with E-state index in [9.17, 15) is 9.59 Å². The van der Waals surface area contributed by atoms with Crippen molar-refractivity contribution in [1.82, 2.24) is 0 Å². The van der Waals surface area contributed by atoms with Crippen molar-refractivity contribution in [2.45, 2.75) is 32.6 Å². The van der Waals surface area contributed by atoms with Crippen LogP contribution in [0.5, 0.6) is 0 Å². The number of ether oxygens (including phenoxy) is 1. The van der Waals surface area contributed by atoms with Crippen LogP contribution in [0.4, 0.5) is 0 Å². The topological polar surface area (TPSA) is 63.6 Å². The molecular weight excluding hydrogens is 184 g/mol. The molecule has 0 amide bonds. The van der Waals surface area contributed by atoms with Gasteiger partial charge in [-0.15, -0.1) is 0 Å². The molecule has 1 atom stereocenters. The first-order valence-electron chi connectivity index (χ1n) is 4.98. The predicted molar refractivity (Wildman–Crippen MR) is 50.0 cm³/mol. The van der Waals surface area contributed by atoms with Gasteiger partial charge in [0.05, 0.1) is 6.61 Å². The SMILES string of the molecule is CCOCC1(C(=O)O)CCCCC1=O. The molecule has 0 aromatic heterocycles. The molecule has 0 aromatic carbocycles. The minimum absolute atomic E-state index is 0.0255. The Morgan fingerprint density at radius 2 is 2.29 bits per heavy atom. The van der Waals surface area contributed by atoms with Crippen LogP contribution in [0.3, 0.4) is 0 Å². The Morgan fingerprint density at radius 1 is 1.57 bits per heavy atom. The molecule has 1 aliphatic rings. The lowest BCUT2D eigenvalue weighted by Gasteiger charge is -2.30. The van der Waals surface area contributed by atoms with E-state index in [1.165, 1.54) is 0 Å². The third-order valence-electron chi connectivity index (χ3n) is 2.75. The van der Waals surface area contributed by atoms with Crippen molar-refractivity contribution in [2.24, 2.45) is 5.41 Å². The van der Waals surface area contributed by atoms with E-state index >= 15 is 0 Å². The fourth-order valence-electron chi connectivity index (χ4n) is 1.81. The summed E-state index contributed by atoms with van der Waals surface area (Å²) in [4.78, 5) is 22.7. The molecule has 80 valence electrons. The van der Waals surface area contributed by atoms with Gasteiger partial charge in [-0.1, -0.05) is 6.42 Å². The maximum Gasteiger partial charge on any atom is 0.319 e. The van der Waals surface area contributed by atoms with Gasteiger partial charge in [0.1, 0.15) is 5.41 Å². The Morgan fingerprint density at radius 3 is 2.79 bits per heavy atom. The van der Waals surface area contributed by atoms with Gasteiger partial charge in [0.25, 0.3) is 0 Å². The van der Waals surface area contributed by atoms with Crippen molar-refractivity contribution in [2.75, 3.05) is 13.2 Å². The highest BCUT2D eigenvalue weighted by Crippen LogP contribution is 2.33. The molecule has 0 spiro atoms. The highest BCUT2D eigenvalue weighted by atomic mass is 16.5. The van der Waals surface area contributed by atoms with E-state index in [1.54, 1.807) is 6.92 Å². The number of aliphatic carboxylic acids is 1. The third kappa shape index (κ3) is 1.95. The number of Topliss-reactive ketones (excluding diaryl/α,β-unsaturated/α-hetero) is 1. The summed E-state index contributed by atoms with van der Waals surface area (Å²) in [5, 5.41) is 9.08. The molecule has 0 radical (unpaired) electrons. The summed E-state index contributed by atoms with van der Waals surface area (Å²) < 4.78 is 5.11. The standard InChI is InChI=1S/C10H16O4/c1-2-14-7-10(9(12)13)6-4-3-5-8(10)11/h2-7H2,1H3,(H,12,13). The lowest BCUT2D eigenvalue weighted by Crippen LogP contribution is -2.45. The quantitative estimate of drug-likeness (QED) is 0.693. The lowest BCUT2D eigenvalue weighted by molar-refractivity contribution is -0.161. The number of hydrogen-bond acceptors (Lipinski definition) is 3. The van der Waals surface area contributed by atoms with Gasteiger partial charge in [-0.3, -0.25) is 9.59 Å². The van der Waals surface area contributed by atoms with Crippen molar-refractivity contribution in [1.29, 1.82) is 0 Å². The summed E-state index contributed by atoms with van der Waals surface area (Å²) in [6.45, 7) is 2.27. The Hall–Kier alpha value is -0.900. The fraction of sp³-hybridized carbons (Fsp3) is 0.800. The van der Waals surface area contributed by atoms with Crippen LogP contribution in [-0.4, -0.2) is 30.1 Å². The van der Waals surface area contributed by atoms with Gasteiger partial charge in [0.15, 0.2) is 5.78 Å². The number of carboxylic acid groups (broad SMARTS) is 1. The number of ketones is 1. The van der Waals surface area contributed by atoms with Crippen LogP contribution in [0.1, 0.15) is 32.6 Å². The summed E-state index contributed by atoms with van der Waals surface area (Å²) in [5.74, 6) is -1.21. The van der Waals surface area contributed by atoms with Crippen molar-refractivity contribution in [3.05, 3.63) is 0 Å². The molecule has 1 aliphatic carbocycles. The van der Waals surface area contributed by atoms with Crippen molar-refractivity contribution < 1.29 is 19.4 Å². The molecule has 1 N–H and O–H groups in total. The van der Waals surface area contributed by atoms with Gasteiger partial charge >= 0.3 is 5.97 Å². The van der Waals surface area contributed by atoms with Crippen molar-refractivity contribution >= 4 is 11.8 Å². The maximum absolute atomic E-state index is 11.6. The number of hydrogen-bond donors (Lipinski definition) is 1. The van der Waals surface area contributed by atoms with E-state index in [1.807, 2.05) is 0 Å². The van der Waals surface area contributed by atoms with Gasteiger partial charge in [-0.25, -0.2) is 0 Å². The summed E-state index contributed by atoms with van der Waals surface area (Å²) >= 11 is 0. The second-order valence-corrected chi connectivity index (χ2v) is 3.65. The van der Waals surface area contributed by atoms with Crippen molar-refractivity contribution in [3.8, 4) is 0 Å². The Kier molecular flexibility index (Phi) is 3.63. The van der Waals surface area contributed by atoms with Crippen LogP contribution in [0, 0.1) is 5.41 Å². The lowest BCUT2D eigenvalue weighted by atomic mass is 9.73. The summed E-state index contributed by atoms with van der Waals surface area (Å²) in [6.07, 6.45) is 2.39. The number of carbonyl (C=O) groups excluding carboxylic acids is 1. The van der Waals surface area contributed by atoms with Gasteiger partial charge in [-0.05, 0) is 19.8 Å². The van der Waals surface area contributed by atoms with Crippen LogP contribution in [0.15, 0.2) is 0 Å². The summed E-state index contributed by atoms with van der Waals surface area (Å²) in [6, 6.07) is 0. The van der Waals surface area contributed by atoms with Gasteiger partial charge in [-0.2, -0.15) is 0 Å². The van der Waals surface area contributed by atoms with E-state index in [4.69, 9.17) is 9.84 Å². The van der Waals surface area contributed by atoms with E-state index in [0.717, 1.165) is 12.8 Å². The highest BCUT2D eigenvalue weighted by Gasteiger charge is 2.47. The van der Waals surface area contributed by atoms with E-state index < -0.39 is 11.4 Å². The molecule has 1 rings (SSSR count). The number of rotatable bonds is 4. The zero-order valence-corrected chi connectivity index (χ0v) is 8.41. The normalized spacial score (nSPS) is 27.6. The number of carboxylic acids is 1. The maximum atomic E-state index is 11.6. The first-order chi connectivity index (χ1) is 6.63. The molecule has 0 aliphatic heterocycles. The largest absolute Gasteiger partial charge is 0.480 e. The smallest absolute Gasteiger partial charge is 0.319 e. The highest BCUT2D eigenvalue weighted by molar-refractivity contribution is 6.03. The van der Waals surface area contributed by atoms with Gasteiger partial charge < -0.3 is 9.84 Å². The second kappa shape index (κ2) is 4.55. The number of carbonyl (C=O) groups is 2. The molecule has 0 bridgehead atoms. The minimum atomic E-state index is -1.26. The molecule has 1 saturated carbocycles. The molecule has 1 fully saturated rings. The molecule has 0 saturated heterocycles. The average Bonchev–Trinajstić information content (AvgIpc) is 2.16. The van der Waals surface area contributed by atoms with Crippen LogP contribution >= 0.6 is 0 Å². The van der Waals surface area contributed by atoms with Gasteiger partial charge in [0, 0.05) is 13.0 Å². The Bertz CT molecular complexity index is 236. The second-order valence-electron chi connectivity index (χ2n) is 3.65. The Labute approximate surface area is 83.2 Å². The molecule has 4 heteroatoms. The van der Waals surface area contributed by atoms with Gasteiger partial charge in [0.2, 0.25) is 0 Å². The molecule has 14 heavy (non-hydrogen) atoms. The zero-order chi connectivity index (χ0) is 10.6. The van der Waals surface area contributed by atoms with Crippen LogP contribution in [0.2, 0.25) is 0 Å². The molecule has 4 nitrogen and oxygen atoms in total. The minimum Gasteiger partial charge on any atom is -0.480 e. The molecular formula is C10H16O4. The zero-order valence-electron chi connectivity index (χ0n) is 8.41. The monoisotopic (exact) mass is 200 g/mol. The first-order valence-corrected chi connectivity index (χ1v) is 4.98. The summed E-state index contributed by atoms with van der Waals surface area (Å²) in [7, 11) is 0. The Balaban J connectivity index is 2.78. The van der Waals surface area contributed by atoms with Crippen LogP contribution < -0.4 is 0 Å². The van der Waals surface area contributed by atoms with E-state index in [2.05, 4.69) is 0 Å². The average molecular weight is 200 g/mol. The fourth-order valence-corrected chi connectivity index (χ4v) is 1.81.